The van der Waals surface area contributed by atoms with Crippen LogP contribution >= 0.6 is 0 Å². The van der Waals surface area contributed by atoms with Gasteiger partial charge in [-0.1, -0.05) is 19.3 Å². The van der Waals surface area contributed by atoms with Gasteiger partial charge in [0.25, 0.3) is 0 Å². The maximum Gasteiger partial charge on any atom is 0.164 e. The molecule has 1 fully saturated rings. The number of benzene rings is 1. The molecule has 3 rings (SSSR count). The molecular formula is C17H24N4. The van der Waals surface area contributed by atoms with E-state index in [1.807, 2.05) is 12.1 Å². The predicted octanol–water partition coefficient (Wildman–Crippen LogP) is 3.96. The van der Waals surface area contributed by atoms with Crippen LogP contribution < -0.4 is 5.73 Å². The first-order chi connectivity index (χ1) is 10.1. The van der Waals surface area contributed by atoms with Gasteiger partial charge in [-0.25, -0.2) is 0 Å². The molecule has 0 saturated heterocycles. The molecule has 0 unspecified atom stereocenters. The van der Waals surface area contributed by atoms with Crippen LogP contribution in [0.4, 0.5) is 5.69 Å². The Morgan fingerprint density at radius 1 is 1.05 bits per heavy atom. The Bertz CT molecular complexity index is 651. The summed E-state index contributed by atoms with van der Waals surface area (Å²) in [4.78, 5) is 0. The van der Waals surface area contributed by atoms with E-state index in [0.717, 1.165) is 22.9 Å². The molecule has 1 aromatic carbocycles. The van der Waals surface area contributed by atoms with Gasteiger partial charge in [-0.15, -0.1) is 10.2 Å². The quantitative estimate of drug-likeness (QED) is 0.849. The van der Waals surface area contributed by atoms with Gasteiger partial charge in [0.2, 0.25) is 0 Å². The predicted molar refractivity (Wildman–Crippen MR) is 86.2 cm³/mol. The van der Waals surface area contributed by atoms with Crippen molar-refractivity contribution in [2.24, 2.45) is 0 Å². The maximum atomic E-state index is 6.04. The average Bonchev–Trinajstić information content (AvgIpc) is 2.85. The lowest BCUT2D eigenvalue weighted by molar-refractivity contribution is 0.350. The molecule has 1 heterocycles. The zero-order valence-electron chi connectivity index (χ0n) is 13.2. The molecule has 21 heavy (non-hydrogen) atoms. The van der Waals surface area contributed by atoms with Crippen molar-refractivity contribution in [2.45, 2.75) is 58.9 Å². The zero-order chi connectivity index (χ0) is 15.0. The van der Waals surface area contributed by atoms with E-state index in [2.05, 4.69) is 35.5 Å². The minimum absolute atomic E-state index is 0.532. The smallest absolute Gasteiger partial charge is 0.164 e. The van der Waals surface area contributed by atoms with Crippen LogP contribution in [0.1, 0.15) is 55.1 Å². The highest BCUT2D eigenvalue weighted by atomic mass is 15.3. The summed E-state index contributed by atoms with van der Waals surface area (Å²) in [6.07, 6.45) is 6.41. The number of anilines is 1. The Morgan fingerprint density at radius 2 is 1.76 bits per heavy atom. The fourth-order valence-corrected chi connectivity index (χ4v) is 3.45. The van der Waals surface area contributed by atoms with E-state index in [4.69, 9.17) is 5.73 Å². The van der Waals surface area contributed by atoms with Crippen molar-refractivity contribution in [3.05, 3.63) is 29.1 Å². The molecule has 112 valence electrons. The Labute approximate surface area is 126 Å². The third-order valence-corrected chi connectivity index (χ3v) is 4.74. The van der Waals surface area contributed by atoms with E-state index in [9.17, 15) is 0 Å². The molecule has 1 aliphatic carbocycles. The monoisotopic (exact) mass is 284 g/mol. The topological polar surface area (TPSA) is 56.7 Å². The van der Waals surface area contributed by atoms with Crippen LogP contribution in [-0.4, -0.2) is 14.8 Å². The molecule has 0 atom stereocenters. The maximum absolute atomic E-state index is 6.04. The lowest BCUT2D eigenvalue weighted by Gasteiger charge is -2.25. The lowest BCUT2D eigenvalue weighted by Crippen LogP contribution is -2.15. The molecule has 1 aromatic heterocycles. The number of aromatic nitrogens is 3. The van der Waals surface area contributed by atoms with Gasteiger partial charge >= 0.3 is 0 Å². The number of rotatable bonds is 2. The van der Waals surface area contributed by atoms with Gasteiger partial charge in [0.05, 0.1) is 0 Å². The molecule has 4 heteroatoms. The molecule has 1 saturated carbocycles. The molecule has 4 nitrogen and oxygen atoms in total. The van der Waals surface area contributed by atoms with Gasteiger partial charge in [-0.05, 0) is 56.9 Å². The molecule has 0 aliphatic heterocycles. The van der Waals surface area contributed by atoms with Gasteiger partial charge in [0, 0.05) is 17.3 Å². The van der Waals surface area contributed by atoms with Gasteiger partial charge in [-0.2, -0.15) is 0 Å². The normalized spacial score (nSPS) is 16.3. The van der Waals surface area contributed by atoms with E-state index >= 15 is 0 Å². The number of aryl methyl sites for hydroxylation is 2. The van der Waals surface area contributed by atoms with E-state index in [1.54, 1.807) is 0 Å². The minimum Gasteiger partial charge on any atom is -0.399 e. The van der Waals surface area contributed by atoms with Crippen LogP contribution in [0.5, 0.6) is 0 Å². The second kappa shape index (κ2) is 5.51. The van der Waals surface area contributed by atoms with Gasteiger partial charge in [0.15, 0.2) is 5.82 Å². The van der Waals surface area contributed by atoms with Crippen molar-refractivity contribution in [1.29, 1.82) is 0 Å². The molecule has 2 N–H and O–H groups in total. The first kappa shape index (κ1) is 14.1. The first-order valence-corrected chi connectivity index (χ1v) is 7.86. The standard InChI is InChI=1S/C17H24N4/c1-11-9-14(18)10-16(12(11)2)17-20-19-13(3)21(17)15-7-5-4-6-8-15/h9-10,15H,4-8,18H2,1-3H3. The summed E-state index contributed by atoms with van der Waals surface area (Å²) in [5, 5.41) is 8.80. The highest BCUT2D eigenvalue weighted by Gasteiger charge is 2.23. The van der Waals surface area contributed by atoms with E-state index < -0.39 is 0 Å². The molecule has 0 radical (unpaired) electrons. The Balaban J connectivity index is 2.11. The van der Waals surface area contributed by atoms with Crippen molar-refractivity contribution < 1.29 is 0 Å². The third-order valence-electron chi connectivity index (χ3n) is 4.74. The SMILES string of the molecule is Cc1cc(N)cc(-c2nnc(C)n2C2CCCCC2)c1C. The first-order valence-electron chi connectivity index (χ1n) is 7.86. The number of nitrogen functional groups attached to an aromatic ring is 1. The summed E-state index contributed by atoms with van der Waals surface area (Å²) >= 11 is 0. The molecule has 1 aliphatic rings. The van der Waals surface area contributed by atoms with Crippen molar-refractivity contribution in [1.82, 2.24) is 14.8 Å². The minimum atomic E-state index is 0.532. The van der Waals surface area contributed by atoms with Crippen molar-refractivity contribution >= 4 is 5.69 Å². The van der Waals surface area contributed by atoms with E-state index in [1.165, 1.54) is 43.2 Å². The second-order valence-electron chi connectivity index (χ2n) is 6.24. The van der Waals surface area contributed by atoms with Gasteiger partial charge in [0.1, 0.15) is 5.82 Å². The van der Waals surface area contributed by atoms with Crippen LogP contribution in [0.2, 0.25) is 0 Å². The second-order valence-corrected chi connectivity index (χ2v) is 6.24. The Kier molecular flexibility index (Phi) is 3.70. The zero-order valence-corrected chi connectivity index (χ0v) is 13.2. The van der Waals surface area contributed by atoms with E-state index in [-0.39, 0.29) is 0 Å². The van der Waals surface area contributed by atoms with Gasteiger partial charge in [-0.3, -0.25) is 0 Å². The molecule has 0 spiro atoms. The van der Waals surface area contributed by atoms with Crippen LogP contribution in [-0.2, 0) is 0 Å². The summed E-state index contributed by atoms with van der Waals surface area (Å²) in [7, 11) is 0. The number of nitrogens with two attached hydrogens (primary N) is 1. The lowest BCUT2D eigenvalue weighted by atomic mass is 9.94. The summed E-state index contributed by atoms with van der Waals surface area (Å²) in [5.41, 5.74) is 10.4. The number of nitrogens with zero attached hydrogens (tertiary/aromatic N) is 3. The number of hydrogen-bond donors (Lipinski definition) is 1. The molecule has 0 bridgehead atoms. The third kappa shape index (κ3) is 2.55. The fraction of sp³-hybridized carbons (Fsp3) is 0.529. The van der Waals surface area contributed by atoms with E-state index in [0.29, 0.717) is 6.04 Å². The van der Waals surface area contributed by atoms with Crippen molar-refractivity contribution in [2.75, 3.05) is 5.73 Å². The van der Waals surface area contributed by atoms with Gasteiger partial charge < -0.3 is 10.3 Å². The van der Waals surface area contributed by atoms with Crippen LogP contribution in [0.15, 0.2) is 12.1 Å². The molecular weight excluding hydrogens is 260 g/mol. The fourth-order valence-electron chi connectivity index (χ4n) is 3.45. The van der Waals surface area contributed by atoms with Crippen LogP contribution in [0.25, 0.3) is 11.4 Å². The Morgan fingerprint density at radius 3 is 2.48 bits per heavy atom. The van der Waals surface area contributed by atoms with Crippen molar-refractivity contribution in [3.63, 3.8) is 0 Å². The summed E-state index contributed by atoms with van der Waals surface area (Å²) in [5.74, 6) is 1.99. The average molecular weight is 284 g/mol. The summed E-state index contributed by atoms with van der Waals surface area (Å²) in [6, 6.07) is 4.59. The molecule has 0 amide bonds. The Hall–Kier alpha value is -1.84. The largest absolute Gasteiger partial charge is 0.399 e. The van der Waals surface area contributed by atoms with Crippen LogP contribution in [0.3, 0.4) is 0 Å². The highest BCUT2D eigenvalue weighted by Crippen LogP contribution is 2.34. The number of hydrogen-bond acceptors (Lipinski definition) is 3. The molecule has 2 aromatic rings. The highest BCUT2D eigenvalue weighted by molar-refractivity contribution is 5.68. The van der Waals surface area contributed by atoms with Crippen LogP contribution in [0, 0.1) is 20.8 Å². The summed E-state index contributed by atoms with van der Waals surface area (Å²) in [6.45, 7) is 6.29. The summed E-state index contributed by atoms with van der Waals surface area (Å²) < 4.78 is 2.33. The van der Waals surface area contributed by atoms with Crippen molar-refractivity contribution in [3.8, 4) is 11.4 Å².